The molecule has 1 aliphatic heterocycles. The minimum absolute atomic E-state index is 0.0643. The van der Waals surface area contributed by atoms with Crippen LogP contribution in [0.5, 0.6) is 23.0 Å². The first kappa shape index (κ1) is 29.9. The van der Waals surface area contributed by atoms with Gasteiger partial charge < -0.3 is 28.5 Å². The number of imide groups is 1. The average molecular weight is 580 g/mol. The number of hydrogen-bond acceptors (Lipinski definition) is 8. The molecule has 0 saturated carbocycles. The van der Waals surface area contributed by atoms with Crippen molar-refractivity contribution >= 4 is 20.3 Å². The summed E-state index contributed by atoms with van der Waals surface area (Å²) in [5.41, 5.74) is 0.250. The smallest absolute Gasteiger partial charge is 0.417 e. The first-order chi connectivity index (χ1) is 19.4. The minimum atomic E-state index is -2.36. The van der Waals surface area contributed by atoms with E-state index in [1.54, 1.807) is 50.2 Å². The van der Waals surface area contributed by atoms with Crippen LogP contribution in [-0.2, 0) is 14.0 Å². The number of ether oxygens (including phenoxy) is 4. The number of phenols is 1. The van der Waals surface area contributed by atoms with Crippen molar-refractivity contribution in [3.8, 4) is 23.0 Å². The number of phenolic OH excluding ortho intramolecular Hbond substituents is 1. The lowest BCUT2D eigenvalue weighted by Crippen LogP contribution is -2.49. The maximum atomic E-state index is 14.7. The van der Waals surface area contributed by atoms with Crippen molar-refractivity contribution in [1.82, 2.24) is 4.90 Å². The maximum Gasteiger partial charge on any atom is 0.417 e. The average Bonchev–Trinajstić information content (AvgIpc) is 3.18. The number of nitrogens with zero attached hydrogens (tertiary/aromatic N) is 1. The Kier molecular flexibility index (Phi) is 8.65. The van der Waals surface area contributed by atoms with Gasteiger partial charge in [0.1, 0.15) is 17.7 Å². The number of para-hydroxylation sites is 2. The molecule has 1 N–H and O–H groups in total. The topological polar surface area (TPSA) is 104 Å². The van der Waals surface area contributed by atoms with E-state index in [4.69, 9.17) is 23.4 Å². The van der Waals surface area contributed by atoms with E-state index in [0.717, 1.165) is 10.5 Å². The van der Waals surface area contributed by atoms with Crippen molar-refractivity contribution in [3.05, 3.63) is 83.9 Å². The summed E-state index contributed by atoms with van der Waals surface area (Å²) < 4.78 is 29.7. The fourth-order valence-electron chi connectivity index (χ4n) is 4.94. The second-order valence-electron chi connectivity index (χ2n) is 11.3. The molecule has 1 heterocycles. The first-order valence-electron chi connectivity index (χ1n) is 13.3. The molecule has 1 saturated heterocycles. The van der Waals surface area contributed by atoms with Crippen LogP contribution in [0, 0.1) is 0 Å². The number of aromatic hydroxyl groups is 1. The highest BCUT2D eigenvalue weighted by Crippen LogP contribution is 2.44. The van der Waals surface area contributed by atoms with Crippen molar-refractivity contribution in [2.45, 2.75) is 57.3 Å². The van der Waals surface area contributed by atoms with Crippen LogP contribution in [0.4, 0.5) is 4.79 Å². The molecule has 0 aliphatic carbocycles. The number of amides is 2. The summed E-state index contributed by atoms with van der Waals surface area (Å²) in [6.07, 6.45) is -3.11. The van der Waals surface area contributed by atoms with Gasteiger partial charge >= 0.3 is 6.09 Å². The van der Waals surface area contributed by atoms with Crippen LogP contribution in [0.15, 0.2) is 72.8 Å². The molecule has 0 bridgehead atoms. The number of rotatable bonds is 10. The van der Waals surface area contributed by atoms with Crippen LogP contribution >= 0.6 is 0 Å². The zero-order valence-corrected chi connectivity index (χ0v) is 25.4. The molecule has 1 fully saturated rings. The summed E-state index contributed by atoms with van der Waals surface area (Å²) in [4.78, 5) is 29.2. The Balaban J connectivity index is 1.89. The predicted molar refractivity (Wildman–Crippen MR) is 156 cm³/mol. The van der Waals surface area contributed by atoms with Crippen molar-refractivity contribution in [1.29, 1.82) is 0 Å². The lowest BCUT2D eigenvalue weighted by atomic mass is 9.91. The number of carbonyl (C=O) groups is 2. The molecular weight excluding hydrogens is 542 g/mol. The Morgan fingerprint density at radius 2 is 1.54 bits per heavy atom. The summed E-state index contributed by atoms with van der Waals surface area (Å²) in [7, 11) is 0.585. The van der Waals surface area contributed by atoms with Gasteiger partial charge in [-0.1, -0.05) is 48.5 Å². The fraction of sp³-hybridized carbons (Fsp3) is 0.355. The van der Waals surface area contributed by atoms with Crippen molar-refractivity contribution < 1.29 is 38.1 Å². The van der Waals surface area contributed by atoms with Gasteiger partial charge in [-0.15, -0.1) is 0 Å². The molecule has 9 nitrogen and oxygen atoms in total. The Labute approximate surface area is 241 Å². The second-order valence-corrected chi connectivity index (χ2v) is 15.7. The van der Waals surface area contributed by atoms with Crippen LogP contribution in [0.2, 0.25) is 19.6 Å². The summed E-state index contributed by atoms with van der Waals surface area (Å²) >= 11 is 0. The molecule has 2 amide bonds. The van der Waals surface area contributed by atoms with Crippen molar-refractivity contribution in [3.63, 3.8) is 0 Å². The molecule has 41 heavy (non-hydrogen) atoms. The third-order valence-corrected chi connectivity index (χ3v) is 7.63. The fourth-order valence-corrected chi connectivity index (χ4v) is 5.96. The first-order valence-corrected chi connectivity index (χ1v) is 16.7. The highest BCUT2D eigenvalue weighted by atomic mass is 28.4. The van der Waals surface area contributed by atoms with Gasteiger partial charge in [0, 0.05) is 0 Å². The van der Waals surface area contributed by atoms with Crippen molar-refractivity contribution in [2.24, 2.45) is 0 Å². The van der Waals surface area contributed by atoms with E-state index < -0.39 is 44.2 Å². The van der Waals surface area contributed by atoms with Gasteiger partial charge in [-0.2, -0.15) is 0 Å². The standard InChI is InChI=1S/C31H37NO8Si/c1-31(2)28(20-13-9-8-10-14-20)32(30(35)39-31)29(34)27(38-24-16-12-11-15-23(24)36-3)26(40-41(5,6)7)21-17-18-22(33)25(19-21)37-4/h8-19,26-28,33H,1-7H3/t26-,27-,28+/m1/s1. The number of methoxy groups -OCH3 is 2. The molecule has 3 aromatic carbocycles. The van der Waals surface area contributed by atoms with Crippen LogP contribution in [-0.4, -0.2) is 56.2 Å². The van der Waals surface area contributed by atoms with E-state index in [2.05, 4.69) is 0 Å². The van der Waals surface area contributed by atoms with Gasteiger partial charge in [-0.25, -0.2) is 9.69 Å². The van der Waals surface area contributed by atoms with E-state index in [-0.39, 0.29) is 11.5 Å². The summed E-state index contributed by atoms with van der Waals surface area (Å²) in [6, 6.07) is 20.2. The molecule has 4 rings (SSSR count). The van der Waals surface area contributed by atoms with Gasteiger partial charge in [-0.05, 0) is 68.9 Å². The Bertz CT molecular complexity index is 1390. The Morgan fingerprint density at radius 1 is 0.927 bits per heavy atom. The van der Waals surface area contributed by atoms with Gasteiger partial charge in [0.2, 0.25) is 6.10 Å². The summed E-state index contributed by atoms with van der Waals surface area (Å²) in [5, 5.41) is 10.3. The molecule has 0 aromatic heterocycles. The second kappa shape index (κ2) is 11.8. The lowest BCUT2D eigenvalue weighted by Gasteiger charge is -2.35. The van der Waals surface area contributed by atoms with Gasteiger partial charge in [-0.3, -0.25) is 4.79 Å². The zero-order valence-electron chi connectivity index (χ0n) is 24.4. The molecule has 0 radical (unpaired) electrons. The predicted octanol–water partition coefficient (Wildman–Crippen LogP) is 6.25. The summed E-state index contributed by atoms with van der Waals surface area (Å²) in [5.74, 6) is 0.204. The van der Waals surface area contributed by atoms with Gasteiger partial charge in [0.15, 0.2) is 31.3 Å². The van der Waals surface area contributed by atoms with Crippen LogP contribution < -0.4 is 14.2 Å². The molecule has 0 unspecified atom stereocenters. The third kappa shape index (κ3) is 6.49. The van der Waals surface area contributed by atoms with Crippen LogP contribution in [0.1, 0.15) is 37.1 Å². The lowest BCUT2D eigenvalue weighted by molar-refractivity contribution is -0.142. The van der Waals surface area contributed by atoms with E-state index in [1.165, 1.54) is 20.3 Å². The van der Waals surface area contributed by atoms with Gasteiger partial charge in [0.05, 0.1) is 14.2 Å². The molecular formula is C31H37NO8Si. The molecule has 0 spiro atoms. The SMILES string of the molecule is COc1cc([C@@H](O[Si](C)(C)C)[C@@H](Oc2ccccc2OC)C(=O)N2C(=O)OC(C)(C)[C@@H]2c2ccccc2)ccc1O. The van der Waals surface area contributed by atoms with Gasteiger partial charge in [0.25, 0.3) is 5.91 Å². The Hall–Kier alpha value is -4.02. The summed E-state index contributed by atoms with van der Waals surface area (Å²) in [6.45, 7) is 9.51. The largest absolute Gasteiger partial charge is 0.504 e. The normalized spacial score (nSPS) is 17.9. The van der Waals surface area contributed by atoms with Crippen molar-refractivity contribution in [2.75, 3.05) is 14.2 Å². The number of hydrogen-bond donors (Lipinski definition) is 1. The number of cyclic esters (lactones) is 1. The molecule has 3 atom stereocenters. The Morgan fingerprint density at radius 3 is 2.15 bits per heavy atom. The third-order valence-electron chi connectivity index (χ3n) is 6.67. The molecule has 218 valence electrons. The highest BCUT2D eigenvalue weighted by molar-refractivity contribution is 6.69. The van der Waals surface area contributed by atoms with Crippen LogP contribution in [0.25, 0.3) is 0 Å². The van der Waals surface area contributed by atoms with Crippen LogP contribution in [0.3, 0.4) is 0 Å². The zero-order chi connectivity index (χ0) is 29.9. The monoisotopic (exact) mass is 579 g/mol. The maximum absolute atomic E-state index is 14.7. The van der Waals surface area contributed by atoms with E-state index >= 15 is 0 Å². The quantitative estimate of drug-likeness (QED) is 0.281. The molecule has 1 aliphatic rings. The number of benzene rings is 3. The number of carbonyl (C=O) groups excluding carboxylic acids is 2. The minimum Gasteiger partial charge on any atom is -0.504 e. The molecule has 10 heteroatoms. The van der Waals surface area contributed by atoms with E-state index in [0.29, 0.717) is 17.1 Å². The molecule has 3 aromatic rings. The highest BCUT2D eigenvalue weighted by Gasteiger charge is 2.54. The van der Waals surface area contributed by atoms with E-state index in [9.17, 15) is 14.7 Å². The van der Waals surface area contributed by atoms with E-state index in [1.807, 2.05) is 50.0 Å².